The molecule has 0 bridgehead atoms. The van der Waals surface area contributed by atoms with E-state index >= 15 is 0 Å². The van der Waals surface area contributed by atoms with E-state index in [1.54, 1.807) is 63.2 Å². The van der Waals surface area contributed by atoms with Crippen molar-refractivity contribution in [1.82, 2.24) is 10.6 Å². The molecule has 0 radical (unpaired) electrons. The Morgan fingerprint density at radius 1 is 1.08 bits per heavy atom. The molecule has 1 aliphatic carbocycles. The molecule has 0 aromatic heterocycles. The molecule has 1 aliphatic rings. The number of carboxylic acids is 1. The van der Waals surface area contributed by atoms with Gasteiger partial charge in [0.2, 0.25) is 17.7 Å². The standard InChI is InChI=1S/C28H33Cl2N3O6/c1-27(2)19(11-12-28(27,3)26(38)32-14-23(31)34)24(35)33-22(25(36)37)13-16-7-9-17(10-8-16)39-15-18-20(29)5-4-6-21(18)30/h4-10,19,22H,11-15H2,1-3H3,(H2,31,34)(H,32,38)(H,33,35)(H,36,37)/t19-,22+,28+/m1/s1. The third kappa shape index (κ3) is 6.83. The fourth-order valence-corrected chi connectivity index (χ4v) is 5.49. The molecule has 5 N–H and O–H groups in total. The van der Waals surface area contributed by atoms with Gasteiger partial charge in [0.25, 0.3) is 0 Å². The van der Waals surface area contributed by atoms with E-state index in [1.165, 1.54) is 0 Å². The molecule has 3 rings (SSSR count). The van der Waals surface area contributed by atoms with Crippen molar-refractivity contribution in [2.75, 3.05) is 6.54 Å². The molecule has 3 atom stereocenters. The Balaban J connectivity index is 1.63. The first-order valence-corrected chi connectivity index (χ1v) is 13.3. The first-order chi connectivity index (χ1) is 18.3. The van der Waals surface area contributed by atoms with Crippen molar-refractivity contribution in [3.63, 3.8) is 0 Å². The summed E-state index contributed by atoms with van der Waals surface area (Å²) in [6, 6.07) is 10.9. The van der Waals surface area contributed by atoms with E-state index in [0.29, 0.717) is 39.8 Å². The normalized spacial score (nSPS) is 20.6. The zero-order valence-corrected chi connectivity index (χ0v) is 23.6. The van der Waals surface area contributed by atoms with Crippen LogP contribution in [0.2, 0.25) is 10.0 Å². The van der Waals surface area contributed by atoms with Crippen molar-refractivity contribution >= 4 is 46.9 Å². The number of carboxylic acid groups (broad SMARTS) is 1. The van der Waals surface area contributed by atoms with E-state index in [2.05, 4.69) is 10.6 Å². The topological polar surface area (TPSA) is 148 Å². The number of halogens is 2. The minimum absolute atomic E-state index is 0.0568. The van der Waals surface area contributed by atoms with Crippen molar-refractivity contribution in [1.29, 1.82) is 0 Å². The number of rotatable bonds is 11. The summed E-state index contributed by atoms with van der Waals surface area (Å²) < 4.78 is 5.77. The summed E-state index contributed by atoms with van der Waals surface area (Å²) >= 11 is 12.4. The lowest BCUT2D eigenvalue weighted by molar-refractivity contribution is -0.145. The molecule has 0 aliphatic heterocycles. The molecule has 1 saturated carbocycles. The molecule has 0 unspecified atom stereocenters. The maximum atomic E-state index is 13.2. The summed E-state index contributed by atoms with van der Waals surface area (Å²) in [7, 11) is 0. The zero-order chi connectivity index (χ0) is 29.0. The molecule has 2 aromatic carbocycles. The summed E-state index contributed by atoms with van der Waals surface area (Å²) in [6.07, 6.45) is 0.857. The number of ether oxygens (including phenoxy) is 1. The Bertz CT molecular complexity index is 1230. The minimum Gasteiger partial charge on any atom is -0.489 e. The number of aliphatic carboxylic acids is 1. The van der Waals surface area contributed by atoms with Gasteiger partial charge in [0.05, 0.1) is 12.0 Å². The molecule has 0 spiro atoms. The Labute approximate surface area is 237 Å². The number of primary amides is 1. The molecule has 39 heavy (non-hydrogen) atoms. The van der Waals surface area contributed by atoms with Crippen LogP contribution >= 0.6 is 23.2 Å². The second kappa shape index (κ2) is 12.3. The second-order valence-corrected chi connectivity index (χ2v) is 11.3. The van der Waals surface area contributed by atoms with Gasteiger partial charge in [0.1, 0.15) is 18.4 Å². The van der Waals surface area contributed by atoms with Gasteiger partial charge in [-0.15, -0.1) is 0 Å². The van der Waals surface area contributed by atoms with E-state index in [0.717, 1.165) is 0 Å². The quantitative estimate of drug-likeness (QED) is 0.320. The van der Waals surface area contributed by atoms with E-state index in [-0.39, 0.29) is 25.5 Å². The molecule has 9 nitrogen and oxygen atoms in total. The van der Waals surface area contributed by atoms with Gasteiger partial charge in [-0.25, -0.2) is 4.79 Å². The molecule has 2 aromatic rings. The molecule has 0 heterocycles. The lowest BCUT2D eigenvalue weighted by Crippen LogP contribution is -2.52. The number of hydrogen-bond donors (Lipinski definition) is 4. The number of carbonyl (C=O) groups excluding carboxylic acids is 3. The Kier molecular flexibility index (Phi) is 9.51. The first kappa shape index (κ1) is 30.2. The van der Waals surface area contributed by atoms with Gasteiger partial charge in [-0.05, 0) is 48.1 Å². The lowest BCUT2D eigenvalue weighted by atomic mass is 9.65. The van der Waals surface area contributed by atoms with Crippen molar-refractivity contribution in [2.24, 2.45) is 22.5 Å². The summed E-state index contributed by atoms with van der Waals surface area (Å²) in [5.74, 6) is -2.69. The van der Waals surface area contributed by atoms with Crippen LogP contribution in [0.5, 0.6) is 5.75 Å². The van der Waals surface area contributed by atoms with Crippen LogP contribution in [0.3, 0.4) is 0 Å². The van der Waals surface area contributed by atoms with Crippen LogP contribution in [-0.2, 0) is 32.2 Å². The zero-order valence-electron chi connectivity index (χ0n) is 22.1. The van der Waals surface area contributed by atoms with Gasteiger partial charge < -0.3 is 26.2 Å². The fourth-order valence-electron chi connectivity index (χ4n) is 4.98. The third-order valence-corrected chi connectivity index (χ3v) is 8.60. The highest BCUT2D eigenvalue weighted by Crippen LogP contribution is 2.56. The van der Waals surface area contributed by atoms with Crippen molar-refractivity contribution in [3.05, 3.63) is 63.6 Å². The predicted octanol–water partition coefficient (Wildman–Crippen LogP) is 3.73. The van der Waals surface area contributed by atoms with Crippen LogP contribution in [0, 0.1) is 16.7 Å². The van der Waals surface area contributed by atoms with E-state index in [4.69, 9.17) is 33.7 Å². The van der Waals surface area contributed by atoms with Crippen LogP contribution in [0.25, 0.3) is 0 Å². The number of carbonyl (C=O) groups is 4. The summed E-state index contributed by atoms with van der Waals surface area (Å²) in [5, 5.41) is 16.0. The van der Waals surface area contributed by atoms with Crippen LogP contribution in [-0.4, -0.2) is 41.4 Å². The highest BCUT2D eigenvalue weighted by atomic mass is 35.5. The van der Waals surface area contributed by atoms with Gasteiger partial charge >= 0.3 is 5.97 Å². The molecule has 3 amide bonds. The van der Waals surface area contributed by atoms with Gasteiger partial charge in [0, 0.05) is 27.9 Å². The number of amides is 3. The van der Waals surface area contributed by atoms with E-state index < -0.39 is 40.6 Å². The number of hydrogen-bond acceptors (Lipinski definition) is 5. The largest absolute Gasteiger partial charge is 0.489 e. The van der Waals surface area contributed by atoms with Gasteiger partial charge in [-0.2, -0.15) is 0 Å². The van der Waals surface area contributed by atoms with Crippen LogP contribution in [0.15, 0.2) is 42.5 Å². The molecule has 1 fully saturated rings. The maximum absolute atomic E-state index is 13.2. The van der Waals surface area contributed by atoms with Crippen LogP contribution in [0.1, 0.15) is 44.7 Å². The molecule has 210 valence electrons. The lowest BCUT2D eigenvalue weighted by Gasteiger charge is -2.40. The van der Waals surface area contributed by atoms with Gasteiger partial charge in [0.15, 0.2) is 0 Å². The second-order valence-electron chi connectivity index (χ2n) is 10.5. The molecule has 11 heteroatoms. The summed E-state index contributed by atoms with van der Waals surface area (Å²) in [4.78, 5) is 49.2. The van der Waals surface area contributed by atoms with Crippen molar-refractivity contribution < 1.29 is 29.0 Å². The number of benzene rings is 2. The number of nitrogens with two attached hydrogens (primary N) is 1. The van der Waals surface area contributed by atoms with Crippen LogP contribution < -0.4 is 21.1 Å². The average molecular weight is 578 g/mol. The molecule has 0 saturated heterocycles. The average Bonchev–Trinajstić information content (AvgIpc) is 3.12. The predicted molar refractivity (Wildman–Crippen MR) is 147 cm³/mol. The summed E-state index contributed by atoms with van der Waals surface area (Å²) in [6.45, 7) is 5.23. The Morgan fingerprint density at radius 2 is 1.69 bits per heavy atom. The van der Waals surface area contributed by atoms with Crippen molar-refractivity contribution in [2.45, 2.75) is 52.7 Å². The Hall–Kier alpha value is -3.30. The van der Waals surface area contributed by atoms with Crippen LogP contribution in [0.4, 0.5) is 0 Å². The highest BCUT2D eigenvalue weighted by Gasteiger charge is 2.58. The van der Waals surface area contributed by atoms with Gasteiger partial charge in [-0.1, -0.05) is 62.2 Å². The smallest absolute Gasteiger partial charge is 0.326 e. The minimum atomic E-state index is -1.17. The monoisotopic (exact) mass is 577 g/mol. The Morgan fingerprint density at radius 3 is 2.26 bits per heavy atom. The first-order valence-electron chi connectivity index (χ1n) is 12.5. The maximum Gasteiger partial charge on any atom is 0.326 e. The SMILES string of the molecule is CC1(C)[C@@H](C(=O)N[C@@H](Cc2ccc(OCc3c(Cl)cccc3Cl)cc2)C(=O)O)CC[C@@]1(C)C(=O)NCC(N)=O. The van der Waals surface area contributed by atoms with Crippen molar-refractivity contribution in [3.8, 4) is 5.75 Å². The van der Waals surface area contributed by atoms with Gasteiger partial charge in [-0.3, -0.25) is 14.4 Å². The third-order valence-electron chi connectivity index (χ3n) is 7.89. The van der Waals surface area contributed by atoms with E-state index in [1.807, 2.05) is 0 Å². The van der Waals surface area contributed by atoms with E-state index in [9.17, 15) is 24.3 Å². The summed E-state index contributed by atoms with van der Waals surface area (Å²) in [5.41, 5.74) is 4.75. The number of nitrogens with one attached hydrogen (secondary N) is 2. The fraction of sp³-hybridized carbons (Fsp3) is 0.429. The molecular weight excluding hydrogens is 545 g/mol. The molecular formula is C28H33Cl2N3O6. The highest BCUT2D eigenvalue weighted by molar-refractivity contribution is 6.35.